The summed E-state index contributed by atoms with van der Waals surface area (Å²) >= 11 is 1.41. The number of nitrogens with one attached hydrogen (secondary N) is 2. The maximum absolute atomic E-state index is 12.4. The molecule has 6 nitrogen and oxygen atoms in total. The lowest BCUT2D eigenvalue weighted by molar-refractivity contribution is -0.119. The Hall–Kier alpha value is -1.50. The lowest BCUT2D eigenvalue weighted by Gasteiger charge is -2.23. The molecule has 0 saturated heterocycles. The van der Waals surface area contributed by atoms with Gasteiger partial charge in [0, 0.05) is 18.3 Å². The Balaban J connectivity index is 1.90. The number of nitrogens with zero attached hydrogens (tertiary/aromatic N) is 2. The van der Waals surface area contributed by atoms with E-state index in [2.05, 4.69) is 34.0 Å². The number of amides is 3. The van der Waals surface area contributed by atoms with Crippen LogP contribution in [0.25, 0.3) is 0 Å². The molecule has 0 radical (unpaired) electrons. The van der Waals surface area contributed by atoms with Crippen LogP contribution in [0.1, 0.15) is 70.2 Å². The van der Waals surface area contributed by atoms with Crippen molar-refractivity contribution in [2.75, 3.05) is 0 Å². The molecule has 1 aromatic rings. The van der Waals surface area contributed by atoms with Crippen molar-refractivity contribution >= 4 is 23.7 Å². The number of carbonyl (C=O) groups is 2. The molecule has 3 amide bonds. The molecule has 146 valence electrons. The molecule has 1 saturated carbocycles. The fraction of sp³-hybridized carbons (Fsp3) is 0.737. The third kappa shape index (κ3) is 5.76. The Labute approximate surface area is 160 Å². The molecule has 26 heavy (non-hydrogen) atoms. The summed E-state index contributed by atoms with van der Waals surface area (Å²) in [7, 11) is 0. The van der Waals surface area contributed by atoms with Crippen molar-refractivity contribution in [1.29, 1.82) is 0 Å². The Morgan fingerprint density at radius 1 is 1.27 bits per heavy atom. The molecule has 1 heterocycles. The van der Waals surface area contributed by atoms with Crippen LogP contribution in [0.4, 0.5) is 4.79 Å². The van der Waals surface area contributed by atoms with E-state index in [0.29, 0.717) is 0 Å². The van der Waals surface area contributed by atoms with Crippen LogP contribution in [0.3, 0.4) is 0 Å². The third-order valence-electron chi connectivity index (χ3n) is 4.99. The van der Waals surface area contributed by atoms with E-state index in [9.17, 15) is 9.59 Å². The van der Waals surface area contributed by atoms with Gasteiger partial charge in [0.15, 0.2) is 5.16 Å². The zero-order valence-electron chi connectivity index (χ0n) is 16.4. The summed E-state index contributed by atoms with van der Waals surface area (Å²) in [4.78, 5) is 29.1. The molecular formula is C19H32N4O2S. The molecule has 1 aliphatic carbocycles. The van der Waals surface area contributed by atoms with E-state index < -0.39 is 0 Å². The maximum atomic E-state index is 12.4. The van der Waals surface area contributed by atoms with Crippen LogP contribution < -0.4 is 10.6 Å². The van der Waals surface area contributed by atoms with Crippen molar-refractivity contribution in [2.45, 2.75) is 95.6 Å². The van der Waals surface area contributed by atoms with Gasteiger partial charge in [-0.25, -0.2) is 9.78 Å². The van der Waals surface area contributed by atoms with E-state index in [-0.39, 0.29) is 23.2 Å². The second kappa shape index (κ2) is 10.00. The molecule has 1 unspecified atom stereocenters. The van der Waals surface area contributed by atoms with Crippen LogP contribution in [0.5, 0.6) is 0 Å². The largest absolute Gasteiger partial charge is 0.335 e. The molecule has 7 heteroatoms. The van der Waals surface area contributed by atoms with Crippen molar-refractivity contribution < 1.29 is 9.59 Å². The summed E-state index contributed by atoms with van der Waals surface area (Å²) < 4.78 is 2.18. The minimum absolute atomic E-state index is 0.192. The Morgan fingerprint density at radius 3 is 2.62 bits per heavy atom. The number of carbonyl (C=O) groups excluding carboxylic acids is 2. The lowest BCUT2D eigenvalue weighted by atomic mass is 9.96. The zero-order chi connectivity index (χ0) is 19.1. The highest BCUT2D eigenvalue weighted by atomic mass is 32.2. The molecule has 1 aliphatic rings. The van der Waals surface area contributed by atoms with Gasteiger partial charge >= 0.3 is 6.03 Å². The lowest BCUT2D eigenvalue weighted by Crippen LogP contribution is -2.47. The van der Waals surface area contributed by atoms with Crippen LogP contribution in [0.15, 0.2) is 5.16 Å². The number of hydrogen-bond donors (Lipinski definition) is 2. The van der Waals surface area contributed by atoms with E-state index in [1.54, 1.807) is 0 Å². The van der Waals surface area contributed by atoms with E-state index in [1.807, 2.05) is 13.8 Å². The number of rotatable bonds is 7. The Morgan fingerprint density at radius 2 is 1.96 bits per heavy atom. The van der Waals surface area contributed by atoms with Gasteiger partial charge in [-0.2, -0.15) is 0 Å². The number of hydrogen-bond acceptors (Lipinski definition) is 4. The molecule has 1 fully saturated rings. The molecule has 2 N–H and O–H groups in total. The van der Waals surface area contributed by atoms with Crippen molar-refractivity contribution in [3.63, 3.8) is 0 Å². The number of imidazole rings is 1. The highest BCUT2D eigenvalue weighted by molar-refractivity contribution is 8.00. The summed E-state index contributed by atoms with van der Waals surface area (Å²) in [5.41, 5.74) is 2.13. The van der Waals surface area contributed by atoms with Crippen LogP contribution in [-0.2, 0) is 11.3 Å². The number of imide groups is 1. The quantitative estimate of drug-likeness (QED) is 0.703. The first-order chi connectivity index (χ1) is 12.4. The first-order valence-corrected chi connectivity index (χ1v) is 10.6. The highest BCUT2D eigenvalue weighted by Crippen LogP contribution is 2.26. The average molecular weight is 381 g/mol. The normalized spacial score (nSPS) is 16.3. The summed E-state index contributed by atoms with van der Waals surface area (Å²) in [5.74, 6) is -0.274. The summed E-state index contributed by atoms with van der Waals surface area (Å²) in [6.07, 6.45) is 7.70. The molecule has 0 bridgehead atoms. The van der Waals surface area contributed by atoms with Crippen molar-refractivity contribution in [2.24, 2.45) is 0 Å². The van der Waals surface area contributed by atoms with Gasteiger partial charge in [-0.1, -0.05) is 44.4 Å². The predicted octanol–water partition coefficient (Wildman–Crippen LogP) is 3.94. The topological polar surface area (TPSA) is 76.0 Å². The molecule has 0 aromatic carbocycles. The molecular weight excluding hydrogens is 348 g/mol. The SMILES string of the molecule is CCCCn1c(SC(C)C(=O)NC(=O)NC2CCCCC2)nc(C)c1C. The fourth-order valence-corrected chi connectivity index (χ4v) is 4.21. The van der Waals surface area contributed by atoms with Gasteiger partial charge in [0.1, 0.15) is 0 Å². The number of thioether (sulfide) groups is 1. The molecule has 0 aliphatic heterocycles. The van der Waals surface area contributed by atoms with Gasteiger partial charge < -0.3 is 9.88 Å². The van der Waals surface area contributed by atoms with Gasteiger partial charge in [0.25, 0.3) is 0 Å². The third-order valence-corrected chi connectivity index (χ3v) is 6.08. The molecule has 1 aromatic heterocycles. The van der Waals surface area contributed by atoms with E-state index >= 15 is 0 Å². The number of aryl methyl sites for hydroxylation is 1. The van der Waals surface area contributed by atoms with Gasteiger partial charge in [0.05, 0.1) is 10.9 Å². The van der Waals surface area contributed by atoms with Gasteiger partial charge in [-0.3, -0.25) is 10.1 Å². The maximum Gasteiger partial charge on any atom is 0.321 e. The average Bonchev–Trinajstić information content (AvgIpc) is 2.87. The van der Waals surface area contributed by atoms with Crippen molar-refractivity contribution in [1.82, 2.24) is 20.2 Å². The number of unbranched alkanes of at least 4 members (excludes halogenated alkanes) is 1. The first-order valence-electron chi connectivity index (χ1n) is 9.74. The van der Waals surface area contributed by atoms with Crippen molar-refractivity contribution in [3.05, 3.63) is 11.4 Å². The second-order valence-electron chi connectivity index (χ2n) is 7.13. The smallest absolute Gasteiger partial charge is 0.321 e. The van der Waals surface area contributed by atoms with E-state index in [1.165, 1.54) is 18.2 Å². The molecule has 2 rings (SSSR count). The zero-order valence-corrected chi connectivity index (χ0v) is 17.2. The van der Waals surface area contributed by atoms with Crippen LogP contribution in [-0.4, -0.2) is 32.8 Å². The predicted molar refractivity (Wildman–Crippen MR) is 105 cm³/mol. The summed E-state index contributed by atoms with van der Waals surface area (Å²) in [6, 6.07) is -0.186. The van der Waals surface area contributed by atoms with E-state index in [0.717, 1.165) is 61.6 Å². The van der Waals surface area contributed by atoms with Crippen LogP contribution >= 0.6 is 11.8 Å². The Bertz CT molecular complexity index is 623. The minimum atomic E-state index is -0.381. The highest BCUT2D eigenvalue weighted by Gasteiger charge is 2.22. The van der Waals surface area contributed by atoms with Crippen LogP contribution in [0.2, 0.25) is 0 Å². The minimum Gasteiger partial charge on any atom is -0.335 e. The summed E-state index contributed by atoms with van der Waals surface area (Å²) in [6.45, 7) is 8.93. The van der Waals surface area contributed by atoms with Crippen LogP contribution in [0, 0.1) is 13.8 Å². The summed E-state index contributed by atoms with van der Waals surface area (Å²) in [5, 5.41) is 5.87. The van der Waals surface area contributed by atoms with Crippen molar-refractivity contribution in [3.8, 4) is 0 Å². The molecule has 0 spiro atoms. The standard InChI is InChI=1S/C19H32N4O2S/c1-5-6-12-23-14(3)13(2)20-19(23)26-15(4)17(24)22-18(25)21-16-10-8-7-9-11-16/h15-16H,5-12H2,1-4H3,(H2,21,22,24,25). The second-order valence-corrected chi connectivity index (χ2v) is 8.44. The number of urea groups is 1. The molecule has 1 atom stereocenters. The van der Waals surface area contributed by atoms with E-state index in [4.69, 9.17) is 0 Å². The first kappa shape index (κ1) is 20.8. The monoisotopic (exact) mass is 380 g/mol. The fourth-order valence-electron chi connectivity index (χ4n) is 3.19. The Kier molecular flexibility index (Phi) is 8.00. The van der Waals surface area contributed by atoms with Gasteiger partial charge in [-0.05, 0) is 40.0 Å². The van der Waals surface area contributed by atoms with Gasteiger partial charge in [0.2, 0.25) is 5.91 Å². The van der Waals surface area contributed by atoms with Gasteiger partial charge in [-0.15, -0.1) is 0 Å². The number of aromatic nitrogens is 2.